The van der Waals surface area contributed by atoms with Crippen molar-refractivity contribution >= 4 is 21.8 Å². The summed E-state index contributed by atoms with van der Waals surface area (Å²) in [4.78, 5) is 16.7. The molecule has 0 bridgehead atoms. The van der Waals surface area contributed by atoms with Gasteiger partial charge in [-0.05, 0) is 24.3 Å². The fourth-order valence-electron chi connectivity index (χ4n) is 3.67. The molecule has 3 rings (SSSR count). The van der Waals surface area contributed by atoms with Crippen LogP contribution in [-0.4, -0.2) is 68.4 Å². The fraction of sp³-hybridized carbons (Fsp3) is 0.550. The molecule has 1 unspecified atom stereocenters. The number of benzene rings is 1. The van der Waals surface area contributed by atoms with Crippen LogP contribution in [0.25, 0.3) is 6.08 Å². The molecule has 5 nitrogen and oxygen atoms in total. The average molecular weight is 377 g/mol. The molecule has 0 saturated carbocycles. The Labute approximate surface area is 156 Å². The SMILES string of the molecule is O=C(CCC1CCS(=O)(=O)C1)N1CCN(C/C=C/c2ccccc2)CC1. The lowest BCUT2D eigenvalue weighted by molar-refractivity contribution is -0.133. The molecule has 2 fully saturated rings. The van der Waals surface area contributed by atoms with Crippen molar-refractivity contribution < 1.29 is 13.2 Å². The summed E-state index contributed by atoms with van der Waals surface area (Å²) < 4.78 is 23.0. The third-order valence-corrected chi connectivity index (χ3v) is 7.13. The van der Waals surface area contributed by atoms with E-state index in [1.54, 1.807) is 0 Å². The predicted molar refractivity (Wildman–Crippen MR) is 104 cm³/mol. The first-order chi connectivity index (χ1) is 12.5. The Kier molecular flexibility index (Phi) is 6.48. The third kappa shape index (κ3) is 5.68. The van der Waals surface area contributed by atoms with Gasteiger partial charge in [-0.1, -0.05) is 42.5 Å². The lowest BCUT2D eigenvalue weighted by atomic mass is 10.0. The first-order valence-corrected chi connectivity index (χ1v) is 11.3. The van der Waals surface area contributed by atoms with Crippen molar-refractivity contribution in [3.63, 3.8) is 0 Å². The van der Waals surface area contributed by atoms with Crippen LogP contribution in [0.15, 0.2) is 36.4 Å². The maximum absolute atomic E-state index is 12.4. The summed E-state index contributed by atoms with van der Waals surface area (Å²) in [5.41, 5.74) is 1.20. The highest BCUT2D eigenvalue weighted by Gasteiger charge is 2.29. The van der Waals surface area contributed by atoms with Crippen molar-refractivity contribution in [3.8, 4) is 0 Å². The minimum atomic E-state index is -2.84. The molecule has 142 valence electrons. The summed E-state index contributed by atoms with van der Waals surface area (Å²) in [5, 5.41) is 0. The minimum absolute atomic E-state index is 0.174. The van der Waals surface area contributed by atoms with E-state index in [-0.39, 0.29) is 17.6 Å². The largest absolute Gasteiger partial charge is 0.340 e. The van der Waals surface area contributed by atoms with Gasteiger partial charge in [0.2, 0.25) is 5.91 Å². The zero-order chi connectivity index (χ0) is 18.4. The minimum Gasteiger partial charge on any atom is -0.340 e. The Morgan fingerprint density at radius 1 is 1.12 bits per heavy atom. The van der Waals surface area contributed by atoms with Gasteiger partial charge < -0.3 is 4.90 Å². The Bertz CT molecular complexity index is 723. The fourth-order valence-corrected chi connectivity index (χ4v) is 5.58. The molecule has 0 aliphatic carbocycles. The van der Waals surface area contributed by atoms with E-state index in [1.165, 1.54) is 5.56 Å². The van der Waals surface area contributed by atoms with E-state index in [0.29, 0.717) is 18.6 Å². The second-order valence-electron chi connectivity index (χ2n) is 7.30. The molecule has 1 amide bonds. The topological polar surface area (TPSA) is 57.7 Å². The number of carbonyl (C=O) groups excluding carboxylic acids is 1. The van der Waals surface area contributed by atoms with E-state index in [4.69, 9.17) is 0 Å². The zero-order valence-electron chi connectivity index (χ0n) is 15.2. The standard InChI is InChI=1S/C20H28N2O3S/c23-20(9-8-19-10-16-26(24,25)17-19)22-14-12-21(13-15-22)11-4-7-18-5-2-1-3-6-18/h1-7,19H,8-17H2/b7-4+. The van der Waals surface area contributed by atoms with E-state index in [9.17, 15) is 13.2 Å². The molecule has 2 aliphatic rings. The molecule has 0 aromatic heterocycles. The molecular weight excluding hydrogens is 348 g/mol. The van der Waals surface area contributed by atoms with Gasteiger partial charge >= 0.3 is 0 Å². The van der Waals surface area contributed by atoms with Crippen molar-refractivity contribution in [3.05, 3.63) is 42.0 Å². The van der Waals surface area contributed by atoms with Crippen molar-refractivity contribution in [2.45, 2.75) is 19.3 Å². The smallest absolute Gasteiger partial charge is 0.222 e. The lowest BCUT2D eigenvalue weighted by Crippen LogP contribution is -2.48. The maximum Gasteiger partial charge on any atom is 0.222 e. The third-order valence-electron chi connectivity index (χ3n) is 5.29. The van der Waals surface area contributed by atoms with Crippen LogP contribution < -0.4 is 0 Å². The molecule has 1 atom stereocenters. The number of rotatable bonds is 6. The summed E-state index contributed by atoms with van der Waals surface area (Å²) >= 11 is 0. The zero-order valence-corrected chi connectivity index (χ0v) is 16.0. The summed E-state index contributed by atoms with van der Waals surface area (Å²) in [6, 6.07) is 10.3. The number of amides is 1. The van der Waals surface area contributed by atoms with Gasteiger partial charge in [-0.15, -0.1) is 0 Å². The Hall–Kier alpha value is -1.66. The van der Waals surface area contributed by atoms with Crippen molar-refractivity contribution in [1.29, 1.82) is 0 Å². The number of piperazine rings is 1. The van der Waals surface area contributed by atoms with Gasteiger partial charge in [0.1, 0.15) is 0 Å². The average Bonchev–Trinajstić information content (AvgIpc) is 3.00. The quantitative estimate of drug-likeness (QED) is 0.763. The molecule has 2 aliphatic heterocycles. The maximum atomic E-state index is 12.4. The van der Waals surface area contributed by atoms with E-state index < -0.39 is 9.84 Å². The van der Waals surface area contributed by atoms with Crippen LogP contribution in [0.5, 0.6) is 0 Å². The van der Waals surface area contributed by atoms with Gasteiger partial charge in [0.25, 0.3) is 0 Å². The number of carbonyl (C=O) groups is 1. The van der Waals surface area contributed by atoms with Gasteiger partial charge in [0, 0.05) is 39.1 Å². The van der Waals surface area contributed by atoms with Crippen LogP contribution in [0.1, 0.15) is 24.8 Å². The lowest BCUT2D eigenvalue weighted by Gasteiger charge is -2.34. The second-order valence-corrected chi connectivity index (χ2v) is 9.53. The van der Waals surface area contributed by atoms with Crippen LogP contribution in [0.2, 0.25) is 0 Å². The summed E-state index contributed by atoms with van der Waals surface area (Å²) in [7, 11) is -2.84. The Morgan fingerprint density at radius 3 is 2.50 bits per heavy atom. The van der Waals surface area contributed by atoms with Crippen molar-refractivity contribution in [2.75, 3.05) is 44.2 Å². The van der Waals surface area contributed by atoms with E-state index in [1.807, 2.05) is 23.1 Å². The van der Waals surface area contributed by atoms with Crippen molar-refractivity contribution in [1.82, 2.24) is 9.80 Å². The number of hydrogen-bond acceptors (Lipinski definition) is 4. The van der Waals surface area contributed by atoms with Gasteiger partial charge in [0.05, 0.1) is 11.5 Å². The van der Waals surface area contributed by atoms with E-state index >= 15 is 0 Å². The van der Waals surface area contributed by atoms with Crippen LogP contribution in [0.4, 0.5) is 0 Å². The van der Waals surface area contributed by atoms with Crippen LogP contribution in [0, 0.1) is 5.92 Å². The molecular formula is C20H28N2O3S. The molecule has 26 heavy (non-hydrogen) atoms. The normalized spacial score (nSPS) is 23.5. The molecule has 1 aromatic rings. The molecule has 0 spiro atoms. The van der Waals surface area contributed by atoms with Gasteiger partial charge in [0.15, 0.2) is 9.84 Å². The molecule has 2 saturated heterocycles. The van der Waals surface area contributed by atoms with Crippen LogP contribution in [0.3, 0.4) is 0 Å². The van der Waals surface area contributed by atoms with Gasteiger partial charge in [-0.2, -0.15) is 0 Å². The van der Waals surface area contributed by atoms with Gasteiger partial charge in [-0.25, -0.2) is 8.42 Å². The first kappa shape index (κ1) is 19.1. The highest BCUT2D eigenvalue weighted by Crippen LogP contribution is 2.23. The Morgan fingerprint density at radius 2 is 1.85 bits per heavy atom. The Balaban J connectivity index is 1.35. The highest BCUT2D eigenvalue weighted by atomic mass is 32.2. The first-order valence-electron chi connectivity index (χ1n) is 9.44. The van der Waals surface area contributed by atoms with Gasteiger partial charge in [-0.3, -0.25) is 9.69 Å². The van der Waals surface area contributed by atoms with E-state index in [2.05, 4.69) is 29.2 Å². The summed E-state index contributed by atoms with van der Waals surface area (Å²) in [5.74, 6) is 0.908. The van der Waals surface area contributed by atoms with Crippen LogP contribution in [-0.2, 0) is 14.6 Å². The molecule has 0 radical (unpaired) electrons. The monoisotopic (exact) mass is 376 g/mol. The summed E-state index contributed by atoms with van der Waals surface area (Å²) in [6.07, 6.45) is 6.21. The molecule has 2 heterocycles. The predicted octanol–water partition coefficient (Wildman–Crippen LogP) is 2.06. The van der Waals surface area contributed by atoms with E-state index in [0.717, 1.165) is 39.1 Å². The molecule has 1 aromatic carbocycles. The van der Waals surface area contributed by atoms with Crippen LogP contribution >= 0.6 is 0 Å². The highest BCUT2D eigenvalue weighted by molar-refractivity contribution is 7.91. The molecule has 6 heteroatoms. The summed E-state index contributed by atoms with van der Waals surface area (Å²) in [6.45, 7) is 4.21. The number of hydrogen-bond donors (Lipinski definition) is 0. The van der Waals surface area contributed by atoms with Crippen molar-refractivity contribution in [2.24, 2.45) is 5.92 Å². The molecule has 0 N–H and O–H groups in total. The number of nitrogens with zero attached hydrogens (tertiary/aromatic N) is 2. The number of sulfone groups is 1. The second kappa shape index (κ2) is 8.82.